The van der Waals surface area contributed by atoms with E-state index >= 15 is 0 Å². The SMILES string of the molecule is O=c1c2ccccc2c2ccc3c4c2n1c1cc(-c2ccccc2)ccc1n-4c1ccc(-c2ccccc2)c2c4ccccc4c(=O)n3c21. The van der Waals surface area contributed by atoms with Crippen molar-refractivity contribution in [2.45, 2.75) is 0 Å². The second kappa shape index (κ2) is 9.43. The smallest absolute Gasteiger partial charge is 0.263 e. The Bertz CT molecular complexity index is 3240. The molecule has 2 aromatic heterocycles. The standard InChI is InChI=1S/C44H25N3O2/c48-43-33-17-9-7-15-30(33)32-21-24-37-42-40(32)47(43)38-25-28(26-11-3-1-4-12-26)19-22-35(38)45(42)36-23-20-29(27-13-5-2-6-14-27)39-31-16-8-10-18-34(31)44(49)46(37)41(36)39/h1-25H. The fourth-order valence-corrected chi connectivity index (χ4v) is 8.30. The monoisotopic (exact) mass is 627 g/mol. The summed E-state index contributed by atoms with van der Waals surface area (Å²) in [6.07, 6.45) is 0. The van der Waals surface area contributed by atoms with Gasteiger partial charge in [-0.2, -0.15) is 0 Å². The van der Waals surface area contributed by atoms with E-state index in [1.165, 1.54) is 0 Å². The number of nitrogens with zero attached hydrogens (tertiary/aromatic N) is 3. The molecule has 0 bridgehead atoms. The van der Waals surface area contributed by atoms with Crippen LogP contribution in [-0.4, -0.2) is 13.4 Å². The van der Waals surface area contributed by atoms with E-state index in [1.807, 2.05) is 75.5 Å². The zero-order chi connectivity index (χ0) is 32.4. The minimum atomic E-state index is -0.0798. The molecule has 4 heterocycles. The van der Waals surface area contributed by atoms with Crippen molar-refractivity contribution in [2.24, 2.45) is 0 Å². The summed E-state index contributed by atoms with van der Waals surface area (Å²) in [5, 5.41) is 5.12. The van der Waals surface area contributed by atoms with Gasteiger partial charge in [0.25, 0.3) is 11.1 Å². The molecule has 0 atom stereocenters. The molecule has 0 amide bonds. The van der Waals surface area contributed by atoms with Gasteiger partial charge in [-0.05, 0) is 75.5 Å². The molecule has 0 unspecified atom stereocenters. The molecule has 0 aliphatic carbocycles. The first kappa shape index (κ1) is 26.4. The summed E-state index contributed by atoms with van der Waals surface area (Å²) in [4.78, 5) is 29.4. The van der Waals surface area contributed by atoms with E-state index in [0.717, 1.165) is 82.6 Å². The fraction of sp³-hybridized carbons (Fsp3) is 0. The molecule has 2 aliphatic heterocycles. The Morgan fingerprint density at radius 2 is 0.939 bits per heavy atom. The molecule has 49 heavy (non-hydrogen) atoms. The van der Waals surface area contributed by atoms with Crippen LogP contribution in [-0.2, 0) is 0 Å². The summed E-state index contributed by atoms with van der Waals surface area (Å²) >= 11 is 0. The van der Waals surface area contributed by atoms with Crippen LogP contribution in [0.1, 0.15) is 0 Å². The third kappa shape index (κ3) is 3.33. The number of aromatic nitrogens is 3. The quantitative estimate of drug-likeness (QED) is 0.142. The van der Waals surface area contributed by atoms with Crippen LogP contribution in [0.25, 0.3) is 93.4 Å². The average molecular weight is 628 g/mol. The van der Waals surface area contributed by atoms with Crippen LogP contribution >= 0.6 is 0 Å². The molecule has 0 N–H and O–H groups in total. The predicted molar refractivity (Wildman–Crippen MR) is 201 cm³/mol. The van der Waals surface area contributed by atoms with Gasteiger partial charge in [-0.1, -0.05) is 109 Å². The van der Waals surface area contributed by atoms with Crippen molar-refractivity contribution in [3.05, 3.63) is 172 Å². The Morgan fingerprint density at radius 1 is 0.367 bits per heavy atom. The van der Waals surface area contributed by atoms with E-state index in [2.05, 4.69) is 89.5 Å². The van der Waals surface area contributed by atoms with Crippen LogP contribution in [0.4, 0.5) is 0 Å². The Labute approximate surface area is 278 Å². The van der Waals surface area contributed by atoms with Gasteiger partial charge < -0.3 is 4.57 Å². The van der Waals surface area contributed by atoms with Gasteiger partial charge in [0.1, 0.15) is 0 Å². The predicted octanol–water partition coefficient (Wildman–Crippen LogP) is 9.68. The third-order valence-corrected chi connectivity index (χ3v) is 10.4. The molecular weight excluding hydrogens is 603 g/mol. The summed E-state index contributed by atoms with van der Waals surface area (Å²) in [5.41, 5.74) is 9.92. The maximum atomic E-state index is 14.7. The molecule has 0 spiro atoms. The highest BCUT2D eigenvalue weighted by molar-refractivity contribution is 6.21. The number of fused-ring (bicyclic) bond motifs is 9. The first-order chi connectivity index (χ1) is 24.2. The second-order valence-corrected chi connectivity index (χ2v) is 12.8. The van der Waals surface area contributed by atoms with Crippen LogP contribution in [0, 0.1) is 0 Å². The van der Waals surface area contributed by atoms with Crippen LogP contribution in [0.2, 0.25) is 0 Å². The van der Waals surface area contributed by atoms with Gasteiger partial charge in [0.05, 0.1) is 38.8 Å². The average Bonchev–Trinajstić information content (AvgIpc) is 3.17. The number of rotatable bonds is 2. The molecule has 0 fully saturated rings. The lowest BCUT2D eigenvalue weighted by atomic mass is 9.94. The summed E-state index contributed by atoms with van der Waals surface area (Å²) in [7, 11) is 0. The molecule has 9 aromatic rings. The first-order valence-corrected chi connectivity index (χ1v) is 16.5. The largest absolute Gasteiger partial charge is 0.302 e. The number of hydrogen-bond donors (Lipinski definition) is 0. The summed E-state index contributed by atoms with van der Waals surface area (Å²) < 4.78 is 6.04. The van der Waals surface area contributed by atoms with Crippen molar-refractivity contribution < 1.29 is 0 Å². The maximum Gasteiger partial charge on any atom is 0.263 e. The minimum absolute atomic E-state index is 0.0790. The van der Waals surface area contributed by atoms with Gasteiger partial charge >= 0.3 is 0 Å². The van der Waals surface area contributed by atoms with Gasteiger partial charge in [0, 0.05) is 21.5 Å². The minimum Gasteiger partial charge on any atom is -0.302 e. The Hall–Kier alpha value is -6.72. The summed E-state index contributed by atoms with van der Waals surface area (Å²) in [5.74, 6) is 0. The Morgan fingerprint density at radius 3 is 1.67 bits per heavy atom. The summed E-state index contributed by atoms with van der Waals surface area (Å²) in [6.45, 7) is 0. The fourth-order valence-electron chi connectivity index (χ4n) is 8.30. The van der Waals surface area contributed by atoms with Gasteiger partial charge in [-0.15, -0.1) is 0 Å². The van der Waals surface area contributed by atoms with Crippen molar-refractivity contribution in [2.75, 3.05) is 0 Å². The van der Waals surface area contributed by atoms with Crippen LogP contribution in [0.15, 0.2) is 161 Å². The lowest BCUT2D eigenvalue weighted by Crippen LogP contribution is -2.23. The van der Waals surface area contributed by atoms with E-state index in [1.54, 1.807) is 0 Å². The molecule has 7 aromatic carbocycles. The van der Waals surface area contributed by atoms with E-state index in [0.29, 0.717) is 10.8 Å². The van der Waals surface area contributed by atoms with Crippen molar-refractivity contribution in [3.8, 4) is 27.9 Å². The van der Waals surface area contributed by atoms with Crippen LogP contribution in [0.3, 0.4) is 0 Å². The maximum absolute atomic E-state index is 14.7. The highest BCUT2D eigenvalue weighted by Crippen LogP contribution is 2.43. The van der Waals surface area contributed by atoms with E-state index in [-0.39, 0.29) is 11.1 Å². The molecular formula is C44H25N3O2. The van der Waals surface area contributed by atoms with Crippen molar-refractivity contribution >= 4 is 65.4 Å². The number of hydrogen-bond acceptors (Lipinski definition) is 2. The van der Waals surface area contributed by atoms with Crippen LogP contribution in [0.5, 0.6) is 0 Å². The van der Waals surface area contributed by atoms with Crippen LogP contribution < -0.4 is 11.1 Å². The zero-order valence-electron chi connectivity index (χ0n) is 26.1. The Kier molecular flexibility index (Phi) is 5.07. The lowest BCUT2D eigenvalue weighted by Gasteiger charge is -2.27. The molecule has 5 nitrogen and oxygen atoms in total. The third-order valence-electron chi connectivity index (χ3n) is 10.4. The molecule has 2 aliphatic rings. The molecule has 0 saturated heterocycles. The van der Waals surface area contributed by atoms with Gasteiger partial charge in [0.2, 0.25) is 0 Å². The topological polar surface area (TPSA) is 47.9 Å². The molecule has 0 radical (unpaired) electrons. The van der Waals surface area contributed by atoms with Gasteiger partial charge in [0.15, 0.2) is 0 Å². The molecule has 228 valence electrons. The normalized spacial score (nSPS) is 12.2. The van der Waals surface area contributed by atoms with Crippen molar-refractivity contribution in [3.63, 3.8) is 0 Å². The molecule has 0 saturated carbocycles. The molecule has 5 heteroatoms. The Balaban J connectivity index is 1.48. The van der Waals surface area contributed by atoms with Gasteiger partial charge in [-0.3, -0.25) is 18.4 Å². The van der Waals surface area contributed by atoms with E-state index in [9.17, 15) is 9.59 Å². The highest BCUT2D eigenvalue weighted by atomic mass is 16.1. The van der Waals surface area contributed by atoms with Crippen molar-refractivity contribution in [1.29, 1.82) is 0 Å². The molecule has 11 rings (SSSR count). The lowest BCUT2D eigenvalue weighted by molar-refractivity contribution is 1.05. The zero-order valence-corrected chi connectivity index (χ0v) is 26.1. The van der Waals surface area contributed by atoms with Crippen molar-refractivity contribution in [1.82, 2.24) is 13.4 Å². The number of benzene rings is 7. The van der Waals surface area contributed by atoms with E-state index in [4.69, 9.17) is 0 Å². The van der Waals surface area contributed by atoms with E-state index < -0.39 is 0 Å². The number of pyridine rings is 2. The van der Waals surface area contributed by atoms with Gasteiger partial charge in [-0.25, -0.2) is 0 Å². The highest BCUT2D eigenvalue weighted by Gasteiger charge is 2.27. The first-order valence-electron chi connectivity index (χ1n) is 16.5. The summed E-state index contributed by atoms with van der Waals surface area (Å²) in [6, 6.07) is 51.2. The second-order valence-electron chi connectivity index (χ2n) is 12.8.